The highest BCUT2D eigenvalue weighted by Gasteiger charge is 2.29. The summed E-state index contributed by atoms with van der Waals surface area (Å²) >= 11 is 1.66. The zero-order valence-electron chi connectivity index (χ0n) is 15.2. The summed E-state index contributed by atoms with van der Waals surface area (Å²) in [6.45, 7) is 6.90. The molecule has 0 bridgehead atoms. The second-order valence-corrected chi connectivity index (χ2v) is 8.18. The number of rotatable bonds is 4. The smallest absolute Gasteiger partial charge is 0.264 e. The van der Waals surface area contributed by atoms with Gasteiger partial charge in [0.2, 0.25) is 0 Å². The number of hydrogen-bond donors (Lipinski definition) is 1. The Labute approximate surface area is 158 Å². The van der Waals surface area contributed by atoms with Gasteiger partial charge in [0.15, 0.2) is 0 Å². The molecule has 140 valence electrons. The highest BCUT2D eigenvalue weighted by Crippen LogP contribution is 2.37. The Balaban J connectivity index is 1.46. The van der Waals surface area contributed by atoms with Crippen LogP contribution in [0.1, 0.15) is 51.2 Å². The van der Waals surface area contributed by atoms with Crippen LogP contribution in [0.5, 0.6) is 0 Å². The summed E-state index contributed by atoms with van der Waals surface area (Å²) in [5, 5.41) is 0. The lowest BCUT2D eigenvalue weighted by Gasteiger charge is -2.23. The number of likely N-dealkylation sites (tertiary alicyclic amines) is 1. The lowest BCUT2D eigenvalue weighted by atomic mass is 10.2. The van der Waals surface area contributed by atoms with Crippen molar-refractivity contribution in [2.24, 2.45) is 0 Å². The fourth-order valence-corrected chi connectivity index (χ4v) is 4.97. The van der Waals surface area contributed by atoms with E-state index in [1.807, 2.05) is 11.0 Å². The summed E-state index contributed by atoms with van der Waals surface area (Å²) in [5.41, 5.74) is 2.26. The van der Waals surface area contributed by atoms with Gasteiger partial charge in [0.1, 0.15) is 0 Å². The van der Waals surface area contributed by atoms with Gasteiger partial charge in [0.05, 0.1) is 23.5 Å². The average molecular weight is 375 g/mol. The van der Waals surface area contributed by atoms with Gasteiger partial charge in [0, 0.05) is 42.9 Å². The number of amides is 1. The zero-order valence-corrected chi connectivity index (χ0v) is 16.1. The number of carbonyl (C=O) groups is 1. The topological polar surface area (TPSA) is 61.5 Å². The number of carbonyl (C=O) groups excluding carboxylic acids is 1. The number of nitrogens with zero attached hydrogens (tertiary/aromatic N) is 3. The van der Waals surface area contributed by atoms with Gasteiger partial charge in [0.25, 0.3) is 5.91 Å². The van der Waals surface area contributed by atoms with E-state index in [1.165, 1.54) is 11.3 Å². The number of thiophene rings is 1. The molecule has 6 nitrogen and oxygen atoms in total. The molecule has 2 fully saturated rings. The van der Waals surface area contributed by atoms with Crippen LogP contribution in [0.25, 0.3) is 0 Å². The molecule has 1 amide bonds. The minimum atomic E-state index is 0.152. The van der Waals surface area contributed by atoms with Gasteiger partial charge in [-0.25, -0.2) is 4.98 Å². The molecule has 0 saturated carbocycles. The predicted octanol–water partition coefficient (Wildman–Crippen LogP) is 2.98. The van der Waals surface area contributed by atoms with Crippen LogP contribution >= 0.6 is 11.3 Å². The third kappa shape index (κ3) is 3.70. The van der Waals surface area contributed by atoms with E-state index in [0.717, 1.165) is 55.3 Å². The zero-order chi connectivity index (χ0) is 17.9. The first-order chi connectivity index (χ1) is 12.7. The van der Waals surface area contributed by atoms with E-state index < -0.39 is 0 Å². The Morgan fingerprint density at radius 1 is 1.31 bits per heavy atom. The number of aromatic amines is 1. The second kappa shape index (κ2) is 7.90. The van der Waals surface area contributed by atoms with Crippen molar-refractivity contribution in [3.05, 3.63) is 39.6 Å². The average Bonchev–Trinajstić information content (AvgIpc) is 3.33. The maximum Gasteiger partial charge on any atom is 0.264 e. The van der Waals surface area contributed by atoms with Crippen molar-refractivity contribution >= 4 is 17.2 Å². The molecule has 0 radical (unpaired) electrons. The molecule has 4 rings (SSSR count). The number of ether oxygens (including phenoxy) is 1. The van der Waals surface area contributed by atoms with Gasteiger partial charge in [-0.3, -0.25) is 9.69 Å². The Morgan fingerprint density at radius 3 is 3.08 bits per heavy atom. The normalized spacial score (nSPS) is 21.9. The van der Waals surface area contributed by atoms with E-state index in [9.17, 15) is 4.79 Å². The number of aromatic nitrogens is 2. The second-order valence-electron chi connectivity index (χ2n) is 7.06. The van der Waals surface area contributed by atoms with Crippen molar-refractivity contribution in [3.63, 3.8) is 0 Å². The van der Waals surface area contributed by atoms with Gasteiger partial charge in [-0.2, -0.15) is 0 Å². The van der Waals surface area contributed by atoms with Crippen LogP contribution in [-0.4, -0.2) is 58.5 Å². The van der Waals surface area contributed by atoms with E-state index in [0.29, 0.717) is 19.2 Å². The summed E-state index contributed by atoms with van der Waals surface area (Å²) in [6, 6.07) is 4.54. The van der Waals surface area contributed by atoms with Gasteiger partial charge in [-0.05, 0) is 44.9 Å². The molecular formula is C19H26N4O2S. The SMILES string of the molecule is Cc1[nH]cnc1CN1CCCC1c1ccc(C(=O)N2CCCOCC2)s1. The van der Waals surface area contributed by atoms with Crippen molar-refractivity contribution in [2.45, 2.75) is 38.8 Å². The third-order valence-corrected chi connectivity index (χ3v) is 6.50. The highest BCUT2D eigenvalue weighted by atomic mass is 32.1. The summed E-state index contributed by atoms with van der Waals surface area (Å²) in [6.07, 6.45) is 5.03. The number of H-pyrrole nitrogens is 1. The fourth-order valence-electron chi connectivity index (χ4n) is 3.83. The van der Waals surface area contributed by atoms with E-state index >= 15 is 0 Å². The summed E-state index contributed by atoms with van der Waals surface area (Å²) in [5.74, 6) is 0.152. The Bertz CT molecular complexity index is 748. The van der Waals surface area contributed by atoms with Crippen molar-refractivity contribution < 1.29 is 9.53 Å². The Kier molecular flexibility index (Phi) is 5.38. The molecule has 7 heteroatoms. The first-order valence-corrected chi connectivity index (χ1v) is 10.2. The van der Waals surface area contributed by atoms with Gasteiger partial charge < -0.3 is 14.6 Å². The minimum absolute atomic E-state index is 0.152. The van der Waals surface area contributed by atoms with Gasteiger partial charge in [-0.15, -0.1) is 11.3 Å². The monoisotopic (exact) mass is 374 g/mol. The van der Waals surface area contributed by atoms with Crippen LogP contribution in [0.15, 0.2) is 18.5 Å². The standard InChI is InChI=1S/C19H26N4O2S/c1-14-15(21-13-20-14)12-23-7-2-4-16(23)17-5-6-18(26-17)19(24)22-8-3-10-25-11-9-22/h5-6,13,16H,2-4,7-12H2,1H3,(H,20,21). The lowest BCUT2D eigenvalue weighted by Crippen LogP contribution is -2.32. The molecule has 1 atom stereocenters. The third-order valence-electron chi connectivity index (χ3n) is 5.33. The van der Waals surface area contributed by atoms with Crippen LogP contribution < -0.4 is 0 Å². The first-order valence-electron chi connectivity index (χ1n) is 9.42. The van der Waals surface area contributed by atoms with Gasteiger partial charge >= 0.3 is 0 Å². The molecule has 2 aliphatic rings. The molecule has 1 unspecified atom stereocenters. The first kappa shape index (κ1) is 17.7. The molecule has 0 aliphatic carbocycles. The number of aryl methyl sites for hydroxylation is 1. The summed E-state index contributed by atoms with van der Waals surface area (Å²) in [7, 11) is 0. The van der Waals surface area contributed by atoms with Crippen LogP contribution in [0.3, 0.4) is 0 Å². The van der Waals surface area contributed by atoms with Crippen LogP contribution in [0, 0.1) is 6.92 Å². The van der Waals surface area contributed by atoms with Crippen LogP contribution in [0.4, 0.5) is 0 Å². The Morgan fingerprint density at radius 2 is 2.23 bits per heavy atom. The van der Waals surface area contributed by atoms with Crippen molar-refractivity contribution in [1.29, 1.82) is 0 Å². The molecule has 2 aromatic rings. The van der Waals surface area contributed by atoms with Crippen molar-refractivity contribution in [1.82, 2.24) is 19.8 Å². The van der Waals surface area contributed by atoms with E-state index in [-0.39, 0.29) is 5.91 Å². The number of hydrogen-bond acceptors (Lipinski definition) is 5. The quantitative estimate of drug-likeness (QED) is 0.894. The molecule has 2 aliphatic heterocycles. The maximum atomic E-state index is 12.8. The van der Waals surface area contributed by atoms with Crippen molar-refractivity contribution in [3.8, 4) is 0 Å². The lowest BCUT2D eigenvalue weighted by molar-refractivity contribution is 0.0746. The summed E-state index contributed by atoms with van der Waals surface area (Å²) < 4.78 is 5.47. The Hall–Kier alpha value is -1.70. The van der Waals surface area contributed by atoms with E-state index in [2.05, 4.69) is 27.9 Å². The fraction of sp³-hybridized carbons (Fsp3) is 0.579. The van der Waals surface area contributed by atoms with E-state index in [4.69, 9.17) is 4.74 Å². The molecule has 2 aromatic heterocycles. The largest absolute Gasteiger partial charge is 0.380 e. The minimum Gasteiger partial charge on any atom is -0.380 e. The molecule has 0 aromatic carbocycles. The number of nitrogens with one attached hydrogen (secondary N) is 1. The highest BCUT2D eigenvalue weighted by molar-refractivity contribution is 7.14. The van der Waals surface area contributed by atoms with Crippen LogP contribution in [-0.2, 0) is 11.3 Å². The maximum absolute atomic E-state index is 12.8. The van der Waals surface area contributed by atoms with Crippen molar-refractivity contribution in [2.75, 3.05) is 32.8 Å². The molecule has 4 heterocycles. The molecule has 0 spiro atoms. The molecular weight excluding hydrogens is 348 g/mol. The molecule has 26 heavy (non-hydrogen) atoms. The van der Waals surface area contributed by atoms with E-state index in [1.54, 1.807) is 17.7 Å². The molecule has 2 saturated heterocycles. The van der Waals surface area contributed by atoms with Crippen LogP contribution in [0.2, 0.25) is 0 Å². The predicted molar refractivity (Wildman–Crippen MR) is 101 cm³/mol. The number of imidazole rings is 1. The molecule has 1 N–H and O–H groups in total. The summed E-state index contributed by atoms with van der Waals surface area (Å²) in [4.78, 5) is 27.0. The van der Waals surface area contributed by atoms with Gasteiger partial charge in [-0.1, -0.05) is 0 Å².